The van der Waals surface area contributed by atoms with Gasteiger partial charge in [0, 0.05) is 5.56 Å². The molecule has 0 aliphatic rings. The van der Waals surface area contributed by atoms with Crippen LogP contribution in [0.25, 0.3) is 0 Å². The van der Waals surface area contributed by atoms with Crippen molar-refractivity contribution in [1.29, 1.82) is 0 Å². The van der Waals surface area contributed by atoms with E-state index in [0.717, 1.165) is 11.3 Å². The monoisotopic (exact) mass is 176 g/mol. The number of hydrogen-bond acceptors (Lipinski definition) is 2. The summed E-state index contributed by atoms with van der Waals surface area (Å²) in [5, 5.41) is 0. The molecule has 68 valence electrons. The molecule has 0 amide bonds. The standard InChI is InChI=1S/C11H12O2/c1-5-6-10(12)11-7(2)8(3)13-9(11)4/h1H,6H2,2-4H3. The van der Waals surface area contributed by atoms with Gasteiger partial charge in [-0.15, -0.1) is 6.42 Å². The van der Waals surface area contributed by atoms with E-state index in [1.165, 1.54) is 0 Å². The predicted octanol–water partition coefficient (Wildman–Crippen LogP) is 2.41. The second-order valence-corrected chi connectivity index (χ2v) is 3.02. The Balaban J connectivity index is 3.15. The molecule has 2 heteroatoms. The van der Waals surface area contributed by atoms with E-state index in [4.69, 9.17) is 10.8 Å². The lowest BCUT2D eigenvalue weighted by Gasteiger charge is -1.95. The van der Waals surface area contributed by atoms with Crippen molar-refractivity contribution in [1.82, 2.24) is 0 Å². The van der Waals surface area contributed by atoms with Crippen LogP contribution in [0.15, 0.2) is 4.42 Å². The smallest absolute Gasteiger partial charge is 0.178 e. The number of carbonyl (C=O) groups is 1. The van der Waals surface area contributed by atoms with Crippen LogP contribution in [-0.2, 0) is 0 Å². The first kappa shape index (κ1) is 9.60. The number of ketones is 1. The van der Waals surface area contributed by atoms with Crippen molar-refractivity contribution in [3.63, 3.8) is 0 Å². The molecule has 0 saturated heterocycles. The summed E-state index contributed by atoms with van der Waals surface area (Å²) in [6.45, 7) is 5.49. The minimum Gasteiger partial charge on any atom is -0.466 e. The van der Waals surface area contributed by atoms with Gasteiger partial charge in [-0.2, -0.15) is 0 Å². The number of furan rings is 1. The first-order valence-corrected chi connectivity index (χ1v) is 4.11. The Morgan fingerprint density at radius 1 is 1.38 bits per heavy atom. The maximum Gasteiger partial charge on any atom is 0.178 e. The molecule has 1 aromatic rings. The molecule has 0 N–H and O–H groups in total. The predicted molar refractivity (Wildman–Crippen MR) is 50.7 cm³/mol. The molecule has 0 aliphatic heterocycles. The van der Waals surface area contributed by atoms with Gasteiger partial charge in [-0.05, 0) is 20.8 Å². The van der Waals surface area contributed by atoms with Gasteiger partial charge in [0.2, 0.25) is 0 Å². The minimum atomic E-state index is -0.0330. The molecule has 0 spiro atoms. The summed E-state index contributed by atoms with van der Waals surface area (Å²) in [6.07, 6.45) is 5.21. The highest BCUT2D eigenvalue weighted by Gasteiger charge is 2.16. The molecule has 1 rings (SSSR count). The molecular formula is C11H12O2. The zero-order valence-corrected chi connectivity index (χ0v) is 8.10. The molecule has 0 aromatic carbocycles. The van der Waals surface area contributed by atoms with Crippen LogP contribution in [-0.4, -0.2) is 5.78 Å². The number of Topliss-reactive ketones (excluding diaryl/α,β-unsaturated/α-hetero) is 1. The molecule has 13 heavy (non-hydrogen) atoms. The Morgan fingerprint density at radius 3 is 2.38 bits per heavy atom. The molecule has 0 atom stereocenters. The van der Waals surface area contributed by atoms with Crippen molar-refractivity contribution in [2.75, 3.05) is 0 Å². The third kappa shape index (κ3) is 1.65. The Bertz CT molecular complexity index is 378. The zero-order chi connectivity index (χ0) is 10.0. The fourth-order valence-electron chi connectivity index (χ4n) is 1.38. The van der Waals surface area contributed by atoms with Gasteiger partial charge >= 0.3 is 0 Å². The lowest BCUT2D eigenvalue weighted by atomic mass is 10.0. The molecule has 1 heterocycles. The van der Waals surface area contributed by atoms with Gasteiger partial charge in [-0.1, -0.05) is 5.92 Å². The van der Waals surface area contributed by atoms with Crippen LogP contribution in [0.1, 0.15) is 33.9 Å². The number of hydrogen-bond donors (Lipinski definition) is 0. The molecule has 1 aromatic heterocycles. The molecule has 0 fully saturated rings. The van der Waals surface area contributed by atoms with Crippen molar-refractivity contribution in [3.8, 4) is 12.3 Å². The molecular weight excluding hydrogens is 164 g/mol. The van der Waals surface area contributed by atoms with E-state index in [0.29, 0.717) is 11.3 Å². The van der Waals surface area contributed by atoms with Crippen LogP contribution in [0.5, 0.6) is 0 Å². The fourth-order valence-corrected chi connectivity index (χ4v) is 1.38. The van der Waals surface area contributed by atoms with E-state index < -0.39 is 0 Å². The van der Waals surface area contributed by atoms with E-state index >= 15 is 0 Å². The summed E-state index contributed by atoms with van der Waals surface area (Å²) < 4.78 is 5.32. The van der Waals surface area contributed by atoms with E-state index in [9.17, 15) is 4.79 Å². The summed E-state index contributed by atoms with van der Waals surface area (Å²) in [5.41, 5.74) is 1.55. The minimum absolute atomic E-state index is 0.0330. The van der Waals surface area contributed by atoms with Gasteiger partial charge in [0.15, 0.2) is 5.78 Å². The van der Waals surface area contributed by atoms with Crippen molar-refractivity contribution in [3.05, 3.63) is 22.6 Å². The summed E-state index contributed by atoms with van der Waals surface area (Å²) >= 11 is 0. The van der Waals surface area contributed by atoms with Crippen LogP contribution in [0.4, 0.5) is 0 Å². The summed E-state index contributed by atoms with van der Waals surface area (Å²) in [4.78, 5) is 11.5. The van der Waals surface area contributed by atoms with Gasteiger partial charge in [0.25, 0.3) is 0 Å². The largest absolute Gasteiger partial charge is 0.466 e. The maximum atomic E-state index is 11.5. The Hall–Kier alpha value is -1.49. The number of terminal acetylenes is 1. The normalized spacial score (nSPS) is 9.69. The molecule has 2 nitrogen and oxygen atoms in total. The third-order valence-corrected chi connectivity index (χ3v) is 2.10. The first-order valence-electron chi connectivity index (χ1n) is 4.11. The topological polar surface area (TPSA) is 30.2 Å². The molecule has 0 bridgehead atoms. The summed E-state index contributed by atoms with van der Waals surface area (Å²) in [5.74, 6) is 3.76. The molecule has 0 aliphatic carbocycles. The first-order chi connectivity index (χ1) is 6.07. The average Bonchev–Trinajstić information content (AvgIpc) is 2.27. The lowest BCUT2D eigenvalue weighted by Crippen LogP contribution is -1.99. The van der Waals surface area contributed by atoms with Gasteiger partial charge in [0.1, 0.15) is 11.5 Å². The van der Waals surface area contributed by atoms with Gasteiger partial charge in [0.05, 0.1) is 12.0 Å². The molecule has 0 radical (unpaired) electrons. The van der Waals surface area contributed by atoms with Crippen molar-refractivity contribution in [2.24, 2.45) is 0 Å². The highest BCUT2D eigenvalue weighted by molar-refractivity contribution is 5.99. The van der Waals surface area contributed by atoms with E-state index in [1.54, 1.807) is 6.92 Å². The van der Waals surface area contributed by atoms with E-state index in [2.05, 4.69) is 5.92 Å². The third-order valence-electron chi connectivity index (χ3n) is 2.10. The second-order valence-electron chi connectivity index (χ2n) is 3.02. The summed E-state index contributed by atoms with van der Waals surface area (Å²) in [7, 11) is 0. The van der Waals surface area contributed by atoms with Crippen molar-refractivity contribution < 1.29 is 9.21 Å². The Kier molecular flexibility index (Phi) is 2.57. The van der Waals surface area contributed by atoms with Crippen LogP contribution in [0, 0.1) is 33.1 Å². The van der Waals surface area contributed by atoms with Crippen LogP contribution in [0.2, 0.25) is 0 Å². The van der Waals surface area contributed by atoms with Crippen molar-refractivity contribution >= 4 is 5.78 Å². The van der Waals surface area contributed by atoms with Gasteiger partial charge in [-0.25, -0.2) is 0 Å². The van der Waals surface area contributed by atoms with E-state index in [-0.39, 0.29) is 12.2 Å². The quantitative estimate of drug-likeness (QED) is 0.511. The highest BCUT2D eigenvalue weighted by Crippen LogP contribution is 2.21. The Labute approximate surface area is 77.9 Å². The number of rotatable bonds is 2. The van der Waals surface area contributed by atoms with Crippen LogP contribution < -0.4 is 0 Å². The lowest BCUT2D eigenvalue weighted by molar-refractivity contribution is 0.0996. The molecule has 0 unspecified atom stereocenters. The summed E-state index contributed by atoms with van der Waals surface area (Å²) in [6, 6.07) is 0. The highest BCUT2D eigenvalue weighted by atomic mass is 16.3. The van der Waals surface area contributed by atoms with E-state index in [1.807, 2.05) is 13.8 Å². The Morgan fingerprint density at radius 2 is 2.00 bits per heavy atom. The van der Waals surface area contributed by atoms with Gasteiger partial charge in [-0.3, -0.25) is 4.79 Å². The maximum absolute atomic E-state index is 11.5. The number of carbonyl (C=O) groups excluding carboxylic acids is 1. The second kappa shape index (κ2) is 3.49. The average molecular weight is 176 g/mol. The van der Waals surface area contributed by atoms with Crippen molar-refractivity contribution in [2.45, 2.75) is 27.2 Å². The zero-order valence-electron chi connectivity index (χ0n) is 8.10. The fraction of sp³-hybridized carbons (Fsp3) is 0.364. The SMILES string of the molecule is C#CCC(=O)c1c(C)oc(C)c1C. The van der Waals surface area contributed by atoms with Crippen LogP contribution in [0.3, 0.4) is 0 Å². The number of aryl methyl sites for hydroxylation is 2. The molecule has 0 saturated carbocycles. The van der Waals surface area contributed by atoms with Crippen LogP contribution >= 0.6 is 0 Å². The van der Waals surface area contributed by atoms with Gasteiger partial charge < -0.3 is 4.42 Å².